The molecule has 2 aromatic carbocycles. The summed E-state index contributed by atoms with van der Waals surface area (Å²) in [5, 5.41) is 0. The van der Waals surface area contributed by atoms with Crippen molar-refractivity contribution in [1.82, 2.24) is 26.9 Å². The molecular weight excluding hydrogens is 544 g/mol. The van der Waals surface area contributed by atoms with E-state index in [1.54, 1.807) is 54.2 Å². The Morgan fingerprint density at radius 3 is 1.18 bits per heavy atom. The minimum absolute atomic E-state index is 0.0160. The summed E-state index contributed by atoms with van der Waals surface area (Å²) in [5.41, 5.74) is 2.80. The minimum atomic E-state index is -3.96. The Kier molecular flexibility index (Phi) is 6.44. The quantitative estimate of drug-likeness (QED) is 0.353. The van der Waals surface area contributed by atoms with Gasteiger partial charge in [-0.2, -0.15) is 8.61 Å². The molecule has 1 saturated heterocycles. The van der Waals surface area contributed by atoms with Gasteiger partial charge in [-0.3, -0.25) is 18.3 Å². The Morgan fingerprint density at radius 1 is 0.538 bits per heavy atom. The van der Waals surface area contributed by atoms with Crippen LogP contribution in [-0.2, 0) is 48.2 Å². The normalized spacial score (nSPS) is 16.4. The van der Waals surface area contributed by atoms with Crippen LogP contribution in [0, 0.1) is 13.8 Å². The lowest BCUT2D eigenvalue weighted by Gasteiger charge is -2.23. The standard InChI is InChI=1S/C25H32N6O6S2/c1-16-12-18-20(28(5)24(32)26(18)3)14-22(16)38(34,35)30-8-7-9-31(11-10-30)39(36,37)23-15-21-19(13-17(23)2)27(4)25(33)29(21)6/h12-15H,7-11H2,1-6H3. The van der Waals surface area contributed by atoms with Gasteiger partial charge in [0.05, 0.1) is 31.9 Å². The smallest absolute Gasteiger partial charge is 0.295 e. The lowest BCUT2D eigenvalue weighted by molar-refractivity contribution is 0.404. The number of nitrogens with zero attached hydrogens (tertiary/aromatic N) is 6. The van der Waals surface area contributed by atoms with Crippen molar-refractivity contribution in [2.75, 3.05) is 26.2 Å². The highest BCUT2D eigenvalue weighted by atomic mass is 32.2. The number of hydrogen-bond acceptors (Lipinski definition) is 6. The molecule has 0 bridgehead atoms. The third kappa shape index (κ3) is 4.08. The number of fused-ring (bicyclic) bond motifs is 2. The number of rotatable bonds is 4. The fourth-order valence-electron chi connectivity index (χ4n) is 5.45. The van der Waals surface area contributed by atoms with Crippen LogP contribution in [0.5, 0.6) is 0 Å². The summed E-state index contributed by atoms with van der Waals surface area (Å²) in [5.74, 6) is 0. The summed E-state index contributed by atoms with van der Waals surface area (Å²) in [7, 11) is -1.45. The van der Waals surface area contributed by atoms with Gasteiger partial charge >= 0.3 is 11.4 Å². The van der Waals surface area contributed by atoms with Crippen LogP contribution in [0.15, 0.2) is 43.6 Å². The molecule has 0 radical (unpaired) electrons. The van der Waals surface area contributed by atoms with Crippen LogP contribution in [0.4, 0.5) is 0 Å². The first kappa shape index (κ1) is 27.4. The Labute approximate surface area is 226 Å². The summed E-state index contributed by atoms with van der Waals surface area (Å²) in [6, 6.07) is 6.41. The number of aromatic nitrogens is 4. The molecule has 1 fully saturated rings. The van der Waals surface area contributed by atoms with E-state index in [0.717, 1.165) is 0 Å². The minimum Gasteiger partial charge on any atom is -0.295 e. The number of benzene rings is 2. The van der Waals surface area contributed by atoms with E-state index < -0.39 is 20.0 Å². The first-order chi connectivity index (χ1) is 18.2. The van der Waals surface area contributed by atoms with E-state index in [-0.39, 0.29) is 47.3 Å². The van der Waals surface area contributed by atoms with Gasteiger partial charge in [0.25, 0.3) is 0 Å². The van der Waals surface area contributed by atoms with E-state index in [2.05, 4.69) is 0 Å². The van der Waals surface area contributed by atoms with Crippen molar-refractivity contribution in [3.05, 3.63) is 56.4 Å². The van der Waals surface area contributed by atoms with Gasteiger partial charge in [-0.15, -0.1) is 0 Å². The highest BCUT2D eigenvalue weighted by Gasteiger charge is 2.34. The van der Waals surface area contributed by atoms with Crippen LogP contribution in [0.2, 0.25) is 0 Å². The molecule has 0 saturated carbocycles. The largest absolute Gasteiger partial charge is 0.328 e. The van der Waals surface area contributed by atoms with Gasteiger partial charge < -0.3 is 0 Å². The molecule has 4 aromatic rings. The fourth-order valence-corrected chi connectivity index (χ4v) is 8.84. The molecule has 0 aliphatic carbocycles. The topological polar surface area (TPSA) is 129 Å². The third-order valence-corrected chi connectivity index (χ3v) is 11.9. The van der Waals surface area contributed by atoms with Crippen LogP contribution in [0.1, 0.15) is 17.5 Å². The van der Waals surface area contributed by atoms with Crippen molar-refractivity contribution >= 4 is 42.1 Å². The predicted octanol–water partition coefficient (Wildman–Crippen LogP) is 0.770. The van der Waals surface area contributed by atoms with E-state index in [1.165, 1.54) is 39.0 Å². The molecular formula is C25H32N6O6S2. The maximum Gasteiger partial charge on any atom is 0.328 e. The number of imidazole rings is 2. The highest BCUT2D eigenvalue weighted by molar-refractivity contribution is 7.89. The molecule has 1 aliphatic heterocycles. The van der Waals surface area contributed by atoms with E-state index >= 15 is 0 Å². The highest BCUT2D eigenvalue weighted by Crippen LogP contribution is 2.29. The van der Waals surface area contributed by atoms with Crippen molar-refractivity contribution in [1.29, 1.82) is 0 Å². The molecule has 3 heterocycles. The number of aryl methyl sites for hydroxylation is 6. The van der Waals surface area contributed by atoms with E-state index in [0.29, 0.717) is 39.6 Å². The molecule has 2 aromatic heterocycles. The third-order valence-electron chi connectivity index (χ3n) is 7.79. The average Bonchev–Trinajstić information content (AvgIpc) is 3.12. The van der Waals surface area contributed by atoms with Crippen LogP contribution >= 0.6 is 0 Å². The maximum atomic E-state index is 13.7. The molecule has 0 unspecified atom stereocenters. The van der Waals surface area contributed by atoms with Gasteiger partial charge in [0.2, 0.25) is 20.0 Å². The van der Waals surface area contributed by atoms with Crippen LogP contribution in [0.25, 0.3) is 22.1 Å². The van der Waals surface area contributed by atoms with Crippen molar-refractivity contribution in [2.45, 2.75) is 30.1 Å². The molecule has 39 heavy (non-hydrogen) atoms. The summed E-state index contributed by atoms with van der Waals surface area (Å²) in [6.45, 7) is 3.66. The van der Waals surface area contributed by atoms with E-state index in [9.17, 15) is 26.4 Å². The SMILES string of the molecule is Cc1cc2c(cc1S(=O)(=O)N1CCCN(S(=O)(=O)c3cc4c(cc3C)n(C)c(=O)n4C)CC1)n(C)c(=O)n2C. The zero-order valence-electron chi connectivity index (χ0n) is 22.8. The van der Waals surface area contributed by atoms with E-state index in [1.807, 2.05) is 0 Å². The molecule has 12 nitrogen and oxygen atoms in total. The Balaban J connectivity index is 1.47. The molecule has 0 atom stereocenters. The molecule has 210 valence electrons. The second-order valence-corrected chi connectivity index (χ2v) is 14.0. The molecule has 0 amide bonds. The summed E-state index contributed by atoms with van der Waals surface area (Å²) in [6.07, 6.45) is 0.314. The van der Waals surface area contributed by atoms with Crippen LogP contribution in [-0.4, -0.2) is 69.9 Å². The van der Waals surface area contributed by atoms with Gasteiger partial charge in [-0.05, 0) is 55.7 Å². The maximum absolute atomic E-state index is 13.7. The molecule has 0 spiro atoms. The van der Waals surface area contributed by atoms with Crippen molar-refractivity contribution in [3.63, 3.8) is 0 Å². The summed E-state index contributed by atoms with van der Waals surface area (Å²) < 4.78 is 63.3. The molecule has 14 heteroatoms. The van der Waals surface area contributed by atoms with Crippen molar-refractivity contribution < 1.29 is 16.8 Å². The zero-order valence-corrected chi connectivity index (χ0v) is 24.4. The first-order valence-electron chi connectivity index (χ1n) is 12.5. The molecule has 0 N–H and O–H groups in total. The van der Waals surface area contributed by atoms with Gasteiger partial charge in [-0.25, -0.2) is 26.4 Å². The first-order valence-corrected chi connectivity index (χ1v) is 15.4. The second-order valence-electron chi connectivity index (χ2n) is 10.2. The zero-order chi connectivity index (χ0) is 28.6. The van der Waals surface area contributed by atoms with Crippen LogP contribution < -0.4 is 11.4 Å². The Bertz CT molecular complexity index is 1850. The molecule has 5 rings (SSSR count). The number of hydrogen-bond donors (Lipinski definition) is 0. The van der Waals surface area contributed by atoms with Gasteiger partial charge in [0, 0.05) is 54.4 Å². The fraction of sp³-hybridized carbons (Fsp3) is 0.440. The van der Waals surface area contributed by atoms with Crippen LogP contribution in [0.3, 0.4) is 0 Å². The summed E-state index contributed by atoms with van der Waals surface area (Å²) in [4.78, 5) is 24.9. The van der Waals surface area contributed by atoms with E-state index in [4.69, 9.17) is 0 Å². The average molecular weight is 577 g/mol. The van der Waals surface area contributed by atoms with Crippen molar-refractivity contribution in [2.24, 2.45) is 28.2 Å². The summed E-state index contributed by atoms with van der Waals surface area (Å²) >= 11 is 0. The van der Waals surface area contributed by atoms with Crippen molar-refractivity contribution in [3.8, 4) is 0 Å². The lowest BCUT2D eigenvalue weighted by Crippen LogP contribution is -2.37. The lowest BCUT2D eigenvalue weighted by atomic mass is 10.2. The molecule has 1 aliphatic rings. The van der Waals surface area contributed by atoms with Gasteiger partial charge in [0.15, 0.2) is 0 Å². The monoisotopic (exact) mass is 576 g/mol. The van der Waals surface area contributed by atoms with Gasteiger partial charge in [-0.1, -0.05) is 0 Å². The number of sulfonamides is 2. The second kappa shape index (κ2) is 9.18. The van der Waals surface area contributed by atoms with Gasteiger partial charge in [0.1, 0.15) is 0 Å². The Morgan fingerprint density at radius 2 is 0.846 bits per heavy atom. The Hall–Kier alpha value is -3.20. The predicted molar refractivity (Wildman–Crippen MR) is 148 cm³/mol.